The van der Waals surface area contributed by atoms with Crippen LogP contribution in [0, 0.1) is 5.92 Å². The minimum absolute atomic E-state index is 0.158. The summed E-state index contributed by atoms with van der Waals surface area (Å²) in [4.78, 5) is 23.0. The molecule has 0 aliphatic carbocycles. The smallest absolute Gasteiger partial charge is 0.321 e. The molecule has 144 valence electrons. The number of carboxylic acid groups (broad SMARTS) is 2. The van der Waals surface area contributed by atoms with Crippen molar-refractivity contribution >= 4 is 11.9 Å². The molecule has 27 heavy (non-hydrogen) atoms. The Labute approximate surface area is 160 Å². The van der Waals surface area contributed by atoms with E-state index in [9.17, 15) is 19.8 Å². The Balaban J connectivity index is 2.03. The van der Waals surface area contributed by atoms with Crippen LogP contribution in [0.15, 0.2) is 54.6 Å². The molecular weight excluding hydrogens is 342 g/mol. The zero-order valence-corrected chi connectivity index (χ0v) is 15.8. The average molecular weight is 369 g/mol. The Morgan fingerprint density at radius 3 is 1.85 bits per heavy atom. The lowest BCUT2D eigenvalue weighted by Crippen LogP contribution is -2.48. The van der Waals surface area contributed by atoms with E-state index in [4.69, 9.17) is 0 Å². The standard InChI is InChI=1S/C22H27NO4/c1-15(2)12-19(21(24)25)23-20(22(26)27)14-18-10-8-17(9-11-18)13-16-6-4-3-5-7-16/h3-11,15,19-20,23H,12-14H2,1-2H3,(H,24,25)(H,26,27)/t19-,20?/m0/s1. The zero-order valence-electron chi connectivity index (χ0n) is 15.8. The van der Waals surface area contributed by atoms with E-state index in [2.05, 4.69) is 17.4 Å². The van der Waals surface area contributed by atoms with Gasteiger partial charge in [0, 0.05) is 0 Å². The molecule has 5 heteroatoms. The highest BCUT2D eigenvalue weighted by atomic mass is 16.4. The van der Waals surface area contributed by atoms with Gasteiger partial charge in [-0.25, -0.2) is 0 Å². The summed E-state index contributed by atoms with van der Waals surface area (Å²) in [6.07, 6.45) is 1.44. The number of rotatable bonds is 10. The average Bonchev–Trinajstić information content (AvgIpc) is 2.62. The minimum Gasteiger partial charge on any atom is -0.480 e. The van der Waals surface area contributed by atoms with Gasteiger partial charge < -0.3 is 10.2 Å². The summed E-state index contributed by atoms with van der Waals surface area (Å²) in [5.41, 5.74) is 3.22. The third-order valence-corrected chi connectivity index (χ3v) is 4.42. The van der Waals surface area contributed by atoms with Gasteiger partial charge in [0.2, 0.25) is 0 Å². The molecule has 5 nitrogen and oxygen atoms in total. The SMILES string of the molecule is CC(C)C[C@H](NC(Cc1ccc(Cc2ccccc2)cc1)C(=O)O)C(=O)O. The molecule has 0 saturated carbocycles. The molecule has 0 amide bonds. The van der Waals surface area contributed by atoms with E-state index in [1.807, 2.05) is 56.3 Å². The lowest BCUT2D eigenvalue weighted by atomic mass is 9.99. The number of benzene rings is 2. The van der Waals surface area contributed by atoms with Crippen LogP contribution in [0.4, 0.5) is 0 Å². The molecule has 0 aromatic heterocycles. The van der Waals surface area contributed by atoms with Crippen LogP contribution >= 0.6 is 0 Å². The third-order valence-electron chi connectivity index (χ3n) is 4.42. The molecule has 0 heterocycles. The van der Waals surface area contributed by atoms with Crippen molar-refractivity contribution in [1.82, 2.24) is 5.32 Å². The van der Waals surface area contributed by atoms with Gasteiger partial charge in [0.05, 0.1) is 0 Å². The first-order valence-corrected chi connectivity index (χ1v) is 9.18. The van der Waals surface area contributed by atoms with Crippen molar-refractivity contribution in [1.29, 1.82) is 0 Å². The first kappa shape index (κ1) is 20.6. The predicted octanol–water partition coefficient (Wildman–Crippen LogP) is 3.36. The fourth-order valence-corrected chi connectivity index (χ4v) is 3.03. The van der Waals surface area contributed by atoms with Crippen molar-refractivity contribution in [3.8, 4) is 0 Å². The Morgan fingerprint density at radius 2 is 1.33 bits per heavy atom. The quantitative estimate of drug-likeness (QED) is 0.598. The molecule has 2 rings (SSSR count). The Kier molecular flexibility index (Phi) is 7.55. The van der Waals surface area contributed by atoms with Crippen molar-refractivity contribution in [3.05, 3.63) is 71.3 Å². The number of hydrogen-bond acceptors (Lipinski definition) is 3. The van der Waals surface area contributed by atoms with E-state index in [1.54, 1.807) is 0 Å². The molecule has 0 spiro atoms. The van der Waals surface area contributed by atoms with Crippen molar-refractivity contribution in [2.45, 2.75) is 45.2 Å². The van der Waals surface area contributed by atoms with Crippen LogP contribution in [0.2, 0.25) is 0 Å². The first-order valence-electron chi connectivity index (χ1n) is 9.18. The van der Waals surface area contributed by atoms with Crippen LogP contribution in [0.1, 0.15) is 37.0 Å². The first-order chi connectivity index (χ1) is 12.8. The maximum atomic E-state index is 11.6. The summed E-state index contributed by atoms with van der Waals surface area (Å²) in [6, 6.07) is 16.1. The second-order valence-electron chi connectivity index (χ2n) is 7.26. The molecule has 0 saturated heterocycles. The third kappa shape index (κ3) is 6.87. The van der Waals surface area contributed by atoms with Gasteiger partial charge in [-0.3, -0.25) is 14.9 Å². The molecule has 0 fully saturated rings. The summed E-state index contributed by atoms with van der Waals surface area (Å²) in [7, 11) is 0. The second-order valence-corrected chi connectivity index (χ2v) is 7.26. The predicted molar refractivity (Wildman–Crippen MR) is 105 cm³/mol. The van der Waals surface area contributed by atoms with Gasteiger partial charge in [-0.1, -0.05) is 68.4 Å². The van der Waals surface area contributed by atoms with Crippen molar-refractivity contribution in [3.63, 3.8) is 0 Å². The van der Waals surface area contributed by atoms with Crippen molar-refractivity contribution < 1.29 is 19.8 Å². The lowest BCUT2D eigenvalue weighted by molar-refractivity contribution is -0.142. The Morgan fingerprint density at radius 1 is 0.815 bits per heavy atom. The van der Waals surface area contributed by atoms with Crippen molar-refractivity contribution in [2.24, 2.45) is 5.92 Å². The summed E-state index contributed by atoms with van der Waals surface area (Å²) < 4.78 is 0. The normalized spacial score (nSPS) is 13.3. The number of aliphatic carboxylic acids is 2. The number of nitrogens with one attached hydrogen (secondary N) is 1. The summed E-state index contributed by atoms with van der Waals surface area (Å²) in [5.74, 6) is -1.91. The number of hydrogen-bond donors (Lipinski definition) is 3. The summed E-state index contributed by atoms with van der Waals surface area (Å²) in [5, 5.41) is 21.6. The molecular formula is C22H27NO4. The lowest BCUT2D eigenvalue weighted by Gasteiger charge is -2.22. The van der Waals surface area contributed by atoms with Crippen molar-refractivity contribution in [2.75, 3.05) is 0 Å². The molecule has 2 atom stereocenters. The number of carbonyl (C=O) groups is 2. The van der Waals surface area contributed by atoms with E-state index >= 15 is 0 Å². The van der Waals surface area contributed by atoms with E-state index < -0.39 is 24.0 Å². The van der Waals surface area contributed by atoms with E-state index in [0.29, 0.717) is 6.42 Å². The Hall–Kier alpha value is -2.66. The van der Waals surface area contributed by atoms with Crippen LogP contribution in [-0.4, -0.2) is 34.2 Å². The van der Waals surface area contributed by atoms with Gasteiger partial charge in [0.25, 0.3) is 0 Å². The second kappa shape index (κ2) is 9.88. The Bertz CT molecular complexity index is 741. The van der Waals surface area contributed by atoms with Gasteiger partial charge in [0.15, 0.2) is 0 Å². The van der Waals surface area contributed by atoms with Gasteiger partial charge in [-0.15, -0.1) is 0 Å². The van der Waals surface area contributed by atoms with Crippen LogP contribution < -0.4 is 5.32 Å². The summed E-state index contributed by atoms with van der Waals surface area (Å²) >= 11 is 0. The van der Waals surface area contributed by atoms with Crippen LogP contribution in [0.3, 0.4) is 0 Å². The zero-order chi connectivity index (χ0) is 19.8. The number of carboxylic acids is 2. The van der Waals surface area contributed by atoms with Crippen LogP contribution in [0.25, 0.3) is 0 Å². The van der Waals surface area contributed by atoms with Gasteiger partial charge >= 0.3 is 11.9 Å². The molecule has 1 unspecified atom stereocenters. The maximum absolute atomic E-state index is 11.6. The molecule has 0 aliphatic heterocycles. The summed E-state index contributed by atoms with van der Waals surface area (Å²) in [6.45, 7) is 3.83. The molecule has 3 N–H and O–H groups in total. The van der Waals surface area contributed by atoms with E-state index in [0.717, 1.165) is 17.5 Å². The highest BCUT2D eigenvalue weighted by molar-refractivity contribution is 5.77. The largest absolute Gasteiger partial charge is 0.480 e. The molecule has 2 aromatic rings. The van der Waals surface area contributed by atoms with E-state index in [-0.39, 0.29) is 12.3 Å². The maximum Gasteiger partial charge on any atom is 0.321 e. The van der Waals surface area contributed by atoms with Crippen LogP contribution in [-0.2, 0) is 22.4 Å². The van der Waals surface area contributed by atoms with Gasteiger partial charge in [-0.05, 0) is 41.9 Å². The fraction of sp³-hybridized carbons (Fsp3) is 0.364. The monoisotopic (exact) mass is 369 g/mol. The van der Waals surface area contributed by atoms with E-state index in [1.165, 1.54) is 5.56 Å². The highest BCUT2D eigenvalue weighted by Crippen LogP contribution is 2.13. The molecule has 2 aromatic carbocycles. The minimum atomic E-state index is -1.04. The van der Waals surface area contributed by atoms with Gasteiger partial charge in [0.1, 0.15) is 12.1 Å². The molecule has 0 bridgehead atoms. The van der Waals surface area contributed by atoms with Gasteiger partial charge in [-0.2, -0.15) is 0 Å². The fourth-order valence-electron chi connectivity index (χ4n) is 3.03. The molecule has 0 radical (unpaired) electrons. The molecule has 0 aliphatic rings. The van der Waals surface area contributed by atoms with Crippen LogP contribution in [0.5, 0.6) is 0 Å². The highest BCUT2D eigenvalue weighted by Gasteiger charge is 2.26. The topological polar surface area (TPSA) is 86.6 Å².